The summed E-state index contributed by atoms with van der Waals surface area (Å²) in [6.45, 7) is 6.28. The fraction of sp³-hybridized carbons (Fsp3) is 0.526. The first-order valence-corrected chi connectivity index (χ1v) is 13.0. The van der Waals surface area contributed by atoms with E-state index in [1.54, 1.807) is 7.05 Å². The zero-order chi connectivity index (χ0) is 27.7. The molecule has 6 N–H and O–H groups in total. The number of aliphatic hydroxyl groups excluding tert-OH is 1. The second kappa shape index (κ2) is 10.5. The van der Waals surface area contributed by atoms with Crippen LogP contribution in [0.1, 0.15) is 19.5 Å². The van der Waals surface area contributed by atoms with Crippen LogP contribution in [0.3, 0.4) is 0 Å². The molecule has 0 aromatic carbocycles. The van der Waals surface area contributed by atoms with Gasteiger partial charge in [-0.05, 0) is 20.9 Å². The second-order valence-electron chi connectivity index (χ2n) is 8.66. The van der Waals surface area contributed by atoms with Crippen LogP contribution in [0.4, 0.5) is 9.93 Å². The van der Waals surface area contributed by atoms with Crippen LogP contribution in [0.5, 0.6) is 0 Å². The summed E-state index contributed by atoms with van der Waals surface area (Å²) in [6.07, 6.45) is -1.27. The lowest BCUT2D eigenvalue weighted by Crippen LogP contribution is -2.74. The van der Waals surface area contributed by atoms with Crippen molar-refractivity contribution in [1.82, 2.24) is 24.8 Å². The van der Waals surface area contributed by atoms with Gasteiger partial charge in [-0.1, -0.05) is 11.7 Å². The van der Waals surface area contributed by atoms with Crippen molar-refractivity contribution in [1.29, 1.82) is 0 Å². The minimum absolute atomic E-state index is 0.0210. The first kappa shape index (κ1) is 28.1. The van der Waals surface area contributed by atoms with Crippen LogP contribution in [0.15, 0.2) is 22.9 Å². The summed E-state index contributed by atoms with van der Waals surface area (Å²) < 4.78 is 38.5. The largest absolute Gasteiger partial charge is 0.509 e. The van der Waals surface area contributed by atoms with Gasteiger partial charge in [-0.25, -0.2) is 14.1 Å². The van der Waals surface area contributed by atoms with E-state index in [0.717, 1.165) is 16.2 Å². The predicted molar refractivity (Wildman–Crippen MR) is 130 cm³/mol. The summed E-state index contributed by atoms with van der Waals surface area (Å²) in [7, 11) is -3.35. The lowest BCUT2D eigenvalue weighted by atomic mass is 9.97. The molecular weight excluding hydrogens is 534 g/mol. The molecule has 3 amide bonds. The maximum Gasteiger partial charge on any atom is 0.410 e. The van der Waals surface area contributed by atoms with E-state index in [1.807, 2.05) is 0 Å². The van der Waals surface area contributed by atoms with Crippen molar-refractivity contribution in [3.63, 3.8) is 0 Å². The van der Waals surface area contributed by atoms with E-state index in [4.69, 9.17) is 15.3 Å². The van der Waals surface area contributed by atoms with Crippen LogP contribution in [0, 0.1) is 0 Å². The van der Waals surface area contributed by atoms with Crippen molar-refractivity contribution < 1.29 is 42.0 Å². The Hall–Kier alpha value is -3.48. The van der Waals surface area contributed by atoms with Gasteiger partial charge >= 0.3 is 16.4 Å². The van der Waals surface area contributed by atoms with E-state index in [-0.39, 0.29) is 34.0 Å². The van der Waals surface area contributed by atoms with Gasteiger partial charge in [-0.2, -0.15) is 8.42 Å². The highest BCUT2D eigenvalue weighted by atomic mass is 32.2. The maximum absolute atomic E-state index is 13.1. The molecule has 3 atom stereocenters. The molecular formula is C19H27N7O9S2. The van der Waals surface area contributed by atoms with Crippen LogP contribution in [-0.2, 0) is 29.5 Å². The van der Waals surface area contributed by atoms with Crippen molar-refractivity contribution in [3.8, 4) is 0 Å². The highest BCUT2D eigenvalue weighted by molar-refractivity contribution is 7.84. The summed E-state index contributed by atoms with van der Waals surface area (Å²) >= 11 is 0.992. The zero-order valence-electron chi connectivity index (χ0n) is 20.1. The van der Waals surface area contributed by atoms with E-state index in [0.29, 0.717) is 6.54 Å². The van der Waals surface area contributed by atoms with Crippen LogP contribution < -0.4 is 16.4 Å². The zero-order valence-corrected chi connectivity index (χ0v) is 21.7. The number of thiazole rings is 1. The number of nitrogens with one attached hydrogen (secondary N) is 2. The summed E-state index contributed by atoms with van der Waals surface area (Å²) in [6, 6.07) is -2.81. The Labute approximate surface area is 216 Å². The third-order valence-corrected chi connectivity index (χ3v) is 7.15. The molecule has 0 aliphatic carbocycles. The summed E-state index contributed by atoms with van der Waals surface area (Å²) in [5, 5.41) is 20.1. The molecule has 1 aromatic heterocycles. The van der Waals surface area contributed by atoms with Crippen LogP contribution >= 0.6 is 11.3 Å². The molecule has 2 fully saturated rings. The number of β-lactam (4-membered cyclic amide) rings is 1. The summed E-state index contributed by atoms with van der Waals surface area (Å²) in [5.41, 5.74) is 3.79. The van der Waals surface area contributed by atoms with Crippen molar-refractivity contribution in [3.05, 3.63) is 23.4 Å². The van der Waals surface area contributed by atoms with Gasteiger partial charge in [0.15, 0.2) is 16.4 Å². The highest BCUT2D eigenvalue weighted by Crippen LogP contribution is 2.27. The molecule has 18 heteroatoms. The average Bonchev–Trinajstić information content (AvgIpc) is 3.36. The molecule has 3 rings (SSSR count). The number of aromatic nitrogens is 1. The van der Waals surface area contributed by atoms with Gasteiger partial charge in [0.25, 0.3) is 11.8 Å². The lowest BCUT2D eigenvalue weighted by molar-refractivity contribution is -0.145. The van der Waals surface area contributed by atoms with E-state index in [2.05, 4.69) is 27.4 Å². The highest BCUT2D eigenvalue weighted by Gasteiger charge is 2.55. The predicted octanol–water partition coefficient (Wildman–Crippen LogP) is -1.17. The topological polar surface area (TPSA) is 226 Å². The number of anilines is 1. The molecule has 2 saturated heterocycles. The summed E-state index contributed by atoms with van der Waals surface area (Å²) in [5.74, 6) is -2.52. The van der Waals surface area contributed by atoms with Crippen molar-refractivity contribution in [2.75, 3.05) is 32.4 Å². The second-order valence-corrected chi connectivity index (χ2v) is 10.8. The molecule has 0 saturated carbocycles. The maximum atomic E-state index is 13.1. The standard InChI is InChI=1S/C19H27N7O9S2/c1-9(27)19(2,3)35-24-13(11-8-36-17(20)22-11)15(28)23-14-12(26(16(14)29)37(31,32)33)7-25-6-10(5-21-4)34-18(25)30/h8,10,12,14,21,27H,1,5-7H2,2-4H3,(H2,20,22)(H,23,28)(H,31,32,33)/b24-13-. The smallest absolute Gasteiger partial charge is 0.410 e. The number of hydrogen-bond acceptors (Lipinski definition) is 13. The number of carbonyl (C=O) groups excluding carboxylic acids is 3. The number of cyclic esters (lactones) is 1. The first-order valence-electron chi connectivity index (χ1n) is 10.7. The number of nitrogens with zero attached hydrogens (tertiary/aromatic N) is 4. The fourth-order valence-electron chi connectivity index (χ4n) is 3.45. The van der Waals surface area contributed by atoms with Crippen LogP contribution in [0.2, 0.25) is 0 Å². The number of aliphatic hydroxyl groups is 1. The minimum atomic E-state index is -5.00. The molecule has 37 heavy (non-hydrogen) atoms. The Kier molecular flexibility index (Phi) is 7.96. The molecule has 16 nitrogen and oxygen atoms in total. The Morgan fingerprint density at radius 2 is 2.14 bits per heavy atom. The number of rotatable bonds is 11. The number of oxime groups is 1. The Morgan fingerprint density at radius 1 is 1.46 bits per heavy atom. The quantitative estimate of drug-likeness (QED) is 0.0708. The molecule has 1 aromatic rings. The number of amides is 3. The molecule has 0 spiro atoms. The Bertz CT molecular complexity index is 1230. The van der Waals surface area contributed by atoms with Gasteiger partial charge in [0.2, 0.25) is 0 Å². The molecule has 2 aliphatic heterocycles. The number of hydrogen-bond donors (Lipinski definition) is 5. The molecule has 0 bridgehead atoms. The van der Waals surface area contributed by atoms with Gasteiger partial charge in [0, 0.05) is 18.5 Å². The number of likely N-dealkylation sites (N-methyl/N-ethyl adjacent to an activating group) is 1. The molecule has 3 heterocycles. The molecule has 0 radical (unpaired) electrons. The van der Waals surface area contributed by atoms with E-state index >= 15 is 0 Å². The lowest BCUT2D eigenvalue weighted by Gasteiger charge is -2.45. The Morgan fingerprint density at radius 3 is 2.68 bits per heavy atom. The monoisotopic (exact) mass is 561 g/mol. The van der Waals surface area contributed by atoms with Crippen LogP contribution in [-0.4, -0.2) is 106 Å². The number of nitrogens with two attached hydrogens (primary N) is 1. The van der Waals surface area contributed by atoms with Gasteiger partial charge in [0.1, 0.15) is 23.6 Å². The van der Waals surface area contributed by atoms with Gasteiger partial charge in [-0.3, -0.25) is 14.1 Å². The Balaban J connectivity index is 1.85. The number of carbonyl (C=O) groups is 3. The minimum Gasteiger partial charge on any atom is -0.509 e. The average molecular weight is 562 g/mol. The van der Waals surface area contributed by atoms with Crippen LogP contribution in [0.25, 0.3) is 0 Å². The molecule has 2 aliphatic rings. The van der Waals surface area contributed by atoms with Crippen molar-refractivity contribution in [2.24, 2.45) is 5.16 Å². The SMILES string of the molecule is C=C(O)C(C)(C)O/N=C(\C(=O)NC1C(=O)N(S(=O)(=O)O)C1CN1CC(CNC)OC1=O)c1csc(N)n1. The fourth-order valence-corrected chi connectivity index (χ4v) is 4.87. The van der Waals surface area contributed by atoms with E-state index in [9.17, 15) is 32.5 Å². The normalized spacial score (nSPS) is 22.5. The van der Waals surface area contributed by atoms with Gasteiger partial charge in [0.05, 0.1) is 12.6 Å². The van der Waals surface area contributed by atoms with Gasteiger partial charge < -0.3 is 35.9 Å². The molecule has 3 unspecified atom stereocenters. The third-order valence-electron chi connectivity index (χ3n) is 5.53. The number of nitrogen functional groups attached to an aromatic ring is 1. The van der Waals surface area contributed by atoms with Crippen molar-refractivity contribution >= 4 is 50.4 Å². The summed E-state index contributed by atoms with van der Waals surface area (Å²) in [4.78, 5) is 48.4. The third kappa shape index (κ3) is 6.09. The van der Waals surface area contributed by atoms with E-state index in [1.165, 1.54) is 19.2 Å². The molecule has 204 valence electrons. The van der Waals surface area contributed by atoms with E-state index < -0.39 is 57.7 Å². The van der Waals surface area contributed by atoms with Gasteiger partial charge in [-0.15, -0.1) is 11.3 Å². The first-order chi connectivity index (χ1) is 17.2. The van der Waals surface area contributed by atoms with Crippen molar-refractivity contribution in [2.45, 2.75) is 37.6 Å². The number of ether oxygens (including phenoxy) is 1.